The summed E-state index contributed by atoms with van der Waals surface area (Å²) in [5, 5.41) is 11.1. The van der Waals surface area contributed by atoms with E-state index in [4.69, 9.17) is 16.0 Å². The summed E-state index contributed by atoms with van der Waals surface area (Å²) in [4.78, 5) is 13.4. The highest BCUT2D eigenvalue weighted by Gasteiger charge is 2.48. The van der Waals surface area contributed by atoms with Crippen molar-refractivity contribution in [2.24, 2.45) is 0 Å². The zero-order chi connectivity index (χ0) is 19.9. The summed E-state index contributed by atoms with van der Waals surface area (Å²) in [7, 11) is 0. The molecule has 3 aromatic rings. The number of rotatable bonds is 4. The summed E-state index contributed by atoms with van der Waals surface area (Å²) in [5.41, 5.74) is -0.255. The first kappa shape index (κ1) is 18.9. The van der Waals surface area contributed by atoms with Crippen LogP contribution in [0.3, 0.4) is 0 Å². The van der Waals surface area contributed by atoms with E-state index in [1.165, 1.54) is 17.6 Å². The van der Waals surface area contributed by atoms with Crippen molar-refractivity contribution in [1.82, 2.24) is 15.1 Å². The van der Waals surface area contributed by atoms with Gasteiger partial charge in [0, 0.05) is 11.3 Å². The molecule has 2 N–H and O–H groups in total. The molecular formula is C17H14ClF3N4O2S. The van der Waals surface area contributed by atoms with Gasteiger partial charge in [-0.25, -0.2) is 4.68 Å². The van der Waals surface area contributed by atoms with E-state index in [1.807, 2.05) is 17.5 Å². The van der Waals surface area contributed by atoms with Crippen LogP contribution < -0.4 is 10.6 Å². The number of hydrogen-bond donors (Lipinski definition) is 2. The minimum atomic E-state index is -4.57. The highest BCUT2D eigenvalue weighted by atomic mass is 35.5. The van der Waals surface area contributed by atoms with Crippen LogP contribution in [0.2, 0.25) is 5.02 Å². The van der Waals surface area contributed by atoms with Gasteiger partial charge in [0.1, 0.15) is 16.6 Å². The molecule has 11 heteroatoms. The summed E-state index contributed by atoms with van der Waals surface area (Å²) in [5.74, 6) is -0.350. The van der Waals surface area contributed by atoms with E-state index in [1.54, 1.807) is 12.1 Å². The highest BCUT2D eigenvalue weighted by Crippen LogP contribution is 2.46. The van der Waals surface area contributed by atoms with Gasteiger partial charge in [0.25, 0.3) is 5.91 Å². The summed E-state index contributed by atoms with van der Waals surface area (Å²) in [6, 6.07) is 4.16. The third-order valence-electron chi connectivity index (χ3n) is 4.40. The average Bonchev–Trinajstić information content (AvgIpc) is 3.40. The molecule has 4 rings (SSSR count). The van der Waals surface area contributed by atoms with Gasteiger partial charge in [0.05, 0.1) is 18.8 Å². The molecule has 0 aromatic carbocycles. The number of carbonyl (C=O) groups excluding carboxylic acids is 1. The van der Waals surface area contributed by atoms with Crippen molar-refractivity contribution in [3.8, 4) is 0 Å². The van der Waals surface area contributed by atoms with E-state index in [2.05, 4.69) is 15.7 Å². The Hall–Kier alpha value is -2.46. The molecule has 1 aliphatic heterocycles. The number of nitrogens with zero attached hydrogens (tertiary/aromatic N) is 2. The fraction of sp³-hybridized carbons (Fsp3) is 0.294. The fourth-order valence-corrected chi connectivity index (χ4v) is 3.98. The number of amides is 1. The molecule has 28 heavy (non-hydrogen) atoms. The van der Waals surface area contributed by atoms with E-state index < -0.39 is 24.2 Å². The van der Waals surface area contributed by atoms with E-state index >= 15 is 0 Å². The number of aromatic nitrogens is 2. The Morgan fingerprint density at radius 1 is 1.43 bits per heavy atom. The van der Waals surface area contributed by atoms with Gasteiger partial charge in [0.2, 0.25) is 0 Å². The molecule has 0 aliphatic carbocycles. The van der Waals surface area contributed by atoms with Crippen molar-refractivity contribution in [2.75, 3.05) is 5.32 Å². The number of carbonyl (C=O) groups is 1. The lowest BCUT2D eigenvalue weighted by molar-refractivity contribution is -0.174. The van der Waals surface area contributed by atoms with Crippen molar-refractivity contribution in [3.63, 3.8) is 0 Å². The Morgan fingerprint density at radius 3 is 2.89 bits per heavy atom. The van der Waals surface area contributed by atoms with Crippen LogP contribution in [0.5, 0.6) is 0 Å². The number of nitrogens with one attached hydrogen (secondary N) is 2. The number of fused-ring (bicyclic) bond motifs is 1. The van der Waals surface area contributed by atoms with Gasteiger partial charge in [-0.05, 0) is 23.6 Å². The average molecular weight is 431 g/mol. The Balaban J connectivity index is 1.65. The van der Waals surface area contributed by atoms with Crippen LogP contribution in [0.25, 0.3) is 0 Å². The summed E-state index contributed by atoms with van der Waals surface area (Å²) in [6.45, 7) is 0.236. The predicted molar refractivity (Wildman–Crippen MR) is 97.5 cm³/mol. The van der Waals surface area contributed by atoms with E-state index in [0.29, 0.717) is 5.76 Å². The second-order valence-electron chi connectivity index (χ2n) is 6.22. The zero-order valence-corrected chi connectivity index (χ0v) is 15.7. The molecule has 6 nitrogen and oxygen atoms in total. The fourth-order valence-electron chi connectivity index (χ4n) is 3.07. The Bertz CT molecular complexity index is 970. The molecule has 0 saturated heterocycles. The van der Waals surface area contributed by atoms with Crippen LogP contribution in [0, 0.1) is 0 Å². The first-order chi connectivity index (χ1) is 13.3. The van der Waals surface area contributed by atoms with Crippen LogP contribution >= 0.6 is 22.9 Å². The maximum absolute atomic E-state index is 13.6. The van der Waals surface area contributed by atoms with Gasteiger partial charge in [-0.3, -0.25) is 4.79 Å². The molecule has 0 saturated carbocycles. The van der Waals surface area contributed by atoms with E-state index in [-0.39, 0.29) is 29.5 Å². The lowest BCUT2D eigenvalue weighted by Crippen LogP contribution is -2.35. The van der Waals surface area contributed by atoms with Crippen molar-refractivity contribution < 1.29 is 22.4 Å². The highest BCUT2D eigenvalue weighted by molar-refractivity contribution is 7.09. The van der Waals surface area contributed by atoms with Crippen molar-refractivity contribution in [3.05, 3.63) is 57.3 Å². The zero-order valence-electron chi connectivity index (χ0n) is 14.2. The van der Waals surface area contributed by atoms with Gasteiger partial charge in [-0.2, -0.15) is 18.3 Å². The molecule has 4 heterocycles. The third-order valence-corrected chi connectivity index (χ3v) is 5.63. The van der Waals surface area contributed by atoms with Crippen LogP contribution in [-0.2, 0) is 6.54 Å². The number of alkyl halides is 3. The predicted octanol–water partition coefficient (Wildman–Crippen LogP) is 4.78. The lowest BCUT2D eigenvalue weighted by atomic mass is 10.0. The molecule has 0 radical (unpaired) electrons. The Morgan fingerprint density at radius 2 is 2.25 bits per heavy atom. The summed E-state index contributed by atoms with van der Waals surface area (Å²) in [6.07, 6.45) is -3.52. The van der Waals surface area contributed by atoms with E-state index in [0.717, 1.165) is 9.56 Å². The van der Waals surface area contributed by atoms with Gasteiger partial charge >= 0.3 is 6.18 Å². The van der Waals surface area contributed by atoms with Crippen molar-refractivity contribution >= 4 is 34.7 Å². The van der Waals surface area contributed by atoms with Gasteiger partial charge in [-0.1, -0.05) is 17.7 Å². The number of thiophene rings is 1. The molecular weight excluding hydrogens is 417 g/mol. The van der Waals surface area contributed by atoms with Gasteiger partial charge < -0.3 is 15.1 Å². The van der Waals surface area contributed by atoms with Crippen LogP contribution in [0.4, 0.5) is 19.0 Å². The Labute approximate surface area is 166 Å². The number of anilines is 1. The standard InChI is InChI=1S/C17H14ClF3N4O2S/c18-13-14(16(26)22-8-9-3-2-6-28-9)24-25-12(17(19,20)21)7-10(23-15(13)25)11-4-1-5-27-11/h1-6,10,12,23H,7-8H2,(H,22,26)/t10-,12+/m0/s1. The molecule has 1 aliphatic rings. The smallest absolute Gasteiger partial charge is 0.410 e. The normalized spacial score (nSPS) is 19.1. The largest absolute Gasteiger partial charge is 0.467 e. The maximum atomic E-state index is 13.6. The SMILES string of the molecule is O=C(NCc1cccs1)c1nn2c(c1Cl)N[C@H](c1ccco1)C[C@@H]2C(F)(F)F. The second-order valence-corrected chi connectivity index (χ2v) is 7.63. The summed E-state index contributed by atoms with van der Waals surface area (Å²) < 4.78 is 46.9. The molecule has 0 unspecified atom stereocenters. The quantitative estimate of drug-likeness (QED) is 0.624. The molecule has 1 amide bonds. The molecule has 0 bridgehead atoms. The molecule has 0 fully saturated rings. The monoisotopic (exact) mass is 430 g/mol. The lowest BCUT2D eigenvalue weighted by Gasteiger charge is -2.32. The number of halogens is 4. The molecule has 0 spiro atoms. The Kier molecular flexibility index (Phi) is 4.84. The van der Waals surface area contributed by atoms with Gasteiger partial charge in [0.15, 0.2) is 11.7 Å². The maximum Gasteiger partial charge on any atom is 0.410 e. The van der Waals surface area contributed by atoms with Crippen molar-refractivity contribution in [2.45, 2.75) is 31.2 Å². The topological polar surface area (TPSA) is 72.1 Å². The second kappa shape index (κ2) is 7.17. The van der Waals surface area contributed by atoms with Gasteiger partial charge in [-0.15, -0.1) is 11.3 Å². The first-order valence-corrected chi connectivity index (χ1v) is 9.55. The summed E-state index contributed by atoms with van der Waals surface area (Å²) >= 11 is 7.69. The number of hydrogen-bond acceptors (Lipinski definition) is 5. The van der Waals surface area contributed by atoms with Crippen LogP contribution in [0.1, 0.15) is 39.6 Å². The van der Waals surface area contributed by atoms with E-state index in [9.17, 15) is 18.0 Å². The molecule has 3 aromatic heterocycles. The third kappa shape index (κ3) is 3.49. The van der Waals surface area contributed by atoms with Crippen LogP contribution in [-0.4, -0.2) is 21.9 Å². The minimum Gasteiger partial charge on any atom is -0.467 e. The molecule has 148 valence electrons. The minimum absolute atomic E-state index is 0.0575. The first-order valence-electron chi connectivity index (χ1n) is 8.30. The number of furan rings is 1. The molecule has 2 atom stereocenters. The van der Waals surface area contributed by atoms with Crippen molar-refractivity contribution in [1.29, 1.82) is 0 Å². The van der Waals surface area contributed by atoms with Crippen LogP contribution in [0.15, 0.2) is 40.3 Å².